The topological polar surface area (TPSA) is 43.2 Å². The normalized spacial score (nSPS) is 11.4. The molecule has 2 rings (SSSR count). The molecule has 0 saturated carbocycles. The minimum Gasteiger partial charge on any atom is -0.478 e. The van der Waals surface area contributed by atoms with Crippen molar-refractivity contribution in [1.82, 2.24) is 19.7 Å². The number of aryl methyl sites for hydroxylation is 2. The van der Waals surface area contributed by atoms with Gasteiger partial charge in [0.15, 0.2) is 5.65 Å². The molecule has 0 unspecified atom stereocenters. The molecule has 0 spiro atoms. The van der Waals surface area contributed by atoms with Crippen molar-refractivity contribution in [2.75, 3.05) is 27.2 Å². The third-order valence-electron chi connectivity index (χ3n) is 2.85. The fourth-order valence-corrected chi connectivity index (χ4v) is 1.92. The van der Waals surface area contributed by atoms with E-state index in [0.717, 1.165) is 29.7 Å². The van der Waals surface area contributed by atoms with Crippen LogP contribution < -0.4 is 4.74 Å². The van der Waals surface area contributed by atoms with Gasteiger partial charge < -0.3 is 9.64 Å². The van der Waals surface area contributed by atoms with E-state index in [1.165, 1.54) is 0 Å². The summed E-state index contributed by atoms with van der Waals surface area (Å²) in [4.78, 5) is 6.62. The highest BCUT2D eigenvalue weighted by atomic mass is 16.5. The zero-order valence-corrected chi connectivity index (χ0v) is 11.5. The van der Waals surface area contributed by atoms with E-state index in [1.54, 1.807) is 4.68 Å². The lowest BCUT2D eigenvalue weighted by Gasteiger charge is -2.09. The van der Waals surface area contributed by atoms with Crippen LogP contribution in [-0.2, 0) is 7.05 Å². The second-order valence-electron chi connectivity index (χ2n) is 4.73. The predicted molar refractivity (Wildman–Crippen MR) is 71.9 cm³/mol. The molecule has 0 aliphatic rings. The predicted octanol–water partition coefficient (Wildman–Crippen LogP) is 1.61. The Balaban J connectivity index is 2.04. The highest BCUT2D eigenvalue weighted by molar-refractivity contribution is 5.78. The number of fused-ring (bicyclic) bond motifs is 1. The molecule has 18 heavy (non-hydrogen) atoms. The van der Waals surface area contributed by atoms with E-state index in [4.69, 9.17) is 4.74 Å². The molecular formula is C13H20N4O. The Labute approximate surface area is 107 Å². The van der Waals surface area contributed by atoms with Gasteiger partial charge >= 0.3 is 0 Å². The lowest BCUT2D eigenvalue weighted by atomic mass is 10.3. The maximum Gasteiger partial charge on any atom is 0.215 e. The summed E-state index contributed by atoms with van der Waals surface area (Å²) in [7, 11) is 6.02. The third kappa shape index (κ3) is 2.79. The number of ether oxygens (including phenoxy) is 1. The molecule has 98 valence electrons. The molecule has 2 heterocycles. The minimum absolute atomic E-state index is 0.671. The van der Waals surface area contributed by atoms with Crippen LogP contribution in [0.1, 0.15) is 12.1 Å². The van der Waals surface area contributed by atoms with Gasteiger partial charge in [-0.05, 0) is 33.5 Å². The van der Waals surface area contributed by atoms with E-state index in [2.05, 4.69) is 29.1 Å². The van der Waals surface area contributed by atoms with Crippen LogP contribution in [0.25, 0.3) is 11.0 Å². The molecule has 0 aliphatic carbocycles. The van der Waals surface area contributed by atoms with Crippen molar-refractivity contribution in [3.8, 4) is 5.88 Å². The molecular weight excluding hydrogens is 228 g/mol. The number of pyridine rings is 1. The quantitative estimate of drug-likeness (QED) is 0.754. The van der Waals surface area contributed by atoms with Crippen molar-refractivity contribution in [2.24, 2.45) is 7.05 Å². The summed E-state index contributed by atoms with van der Waals surface area (Å²) in [5.41, 5.74) is 1.87. The van der Waals surface area contributed by atoms with Crippen molar-refractivity contribution < 1.29 is 4.74 Å². The van der Waals surface area contributed by atoms with Crippen molar-refractivity contribution in [3.05, 3.63) is 17.8 Å². The second kappa shape index (κ2) is 5.35. The van der Waals surface area contributed by atoms with Crippen LogP contribution in [0, 0.1) is 6.92 Å². The Hall–Kier alpha value is -1.62. The molecule has 0 fully saturated rings. The summed E-state index contributed by atoms with van der Waals surface area (Å²) < 4.78 is 7.44. The first-order chi connectivity index (χ1) is 8.58. The monoisotopic (exact) mass is 248 g/mol. The average Bonchev–Trinajstić information content (AvgIpc) is 2.60. The van der Waals surface area contributed by atoms with Crippen LogP contribution in [0.15, 0.2) is 12.1 Å². The maximum absolute atomic E-state index is 5.65. The zero-order valence-electron chi connectivity index (χ0n) is 11.5. The standard InChI is InChI=1S/C13H20N4O/c1-10-11-6-7-12(14-13(11)17(4)15-10)18-9-5-8-16(2)3/h6-7H,5,8-9H2,1-4H3. The van der Waals surface area contributed by atoms with E-state index in [0.29, 0.717) is 12.5 Å². The fraction of sp³-hybridized carbons (Fsp3) is 0.538. The summed E-state index contributed by atoms with van der Waals surface area (Å²) in [5.74, 6) is 0.671. The minimum atomic E-state index is 0.671. The number of nitrogens with zero attached hydrogens (tertiary/aromatic N) is 4. The summed E-state index contributed by atoms with van der Waals surface area (Å²) >= 11 is 0. The van der Waals surface area contributed by atoms with Crippen LogP contribution >= 0.6 is 0 Å². The van der Waals surface area contributed by atoms with Gasteiger partial charge in [-0.15, -0.1) is 0 Å². The van der Waals surface area contributed by atoms with Crippen LogP contribution in [0.2, 0.25) is 0 Å². The number of aromatic nitrogens is 3. The smallest absolute Gasteiger partial charge is 0.215 e. The summed E-state index contributed by atoms with van der Waals surface area (Å²) in [6.07, 6.45) is 0.997. The average molecular weight is 248 g/mol. The molecule has 0 radical (unpaired) electrons. The van der Waals surface area contributed by atoms with Crippen LogP contribution in [0.4, 0.5) is 0 Å². The Morgan fingerprint density at radius 3 is 2.83 bits per heavy atom. The molecule has 2 aromatic heterocycles. The molecule has 5 heteroatoms. The largest absolute Gasteiger partial charge is 0.478 e. The molecule has 0 N–H and O–H groups in total. The Morgan fingerprint density at radius 2 is 2.11 bits per heavy atom. The van der Waals surface area contributed by atoms with E-state index in [-0.39, 0.29) is 0 Å². The highest BCUT2D eigenvalue weighted by Crippen LogP contribution is 2.18. The van der Waals surface area contributed by atoms with Gasteiger partial charge in [-0.3, -0.25) is 4.68 Å². The van der Waals surface area contributed by atoms with Crippen LogP contribution in [-0.4, -0.2) is 46.9 Å². The first-order valence-electron chi connectivity index (χ1n) is 6.16. The Bertz CT molecular complexity index is 533. The van der Waals surface area contributed by atoms with Gasteiger partial charge in [0.05, 0.1) is 12.3 Å². The van der Waals surface area contributed by atoms with E-state index >= 15 is 0 Å². The van der Waals surface area contributed by atoms with Gasteiger partial charge in [0, 0.05) is 25.0 Å². The van der Waals surface area contributed by atoms with Gasteiger partial charge in [-0.1, -0.05) is 0 Å². The summed E-state index contributed by atoms with van der Waals surface area (Å²) in [5, 5.41) is 5.42. The van der Waals surface area contributed by atoms with Crippen molar-refractivity contribution in [2.45, 2.75) is 13.3 Å². The first-order valence-corrected chi connectivity index (χ1v) is 6.16. The fourth-order valence-electron chi connectivity index (χ4n) is 1.92. The van der Waals surface area contributed by atoms with Gasteiger partial charge in [0.1, 0.15) is 0 Å². The first kappa shape index (κ1) is 12.8. The van der Waals surface area contributed by atoms with Crippen LogP contribution in [0.5, 0.6) is 5.88 Å². The molecule has 0 atom stereocenters. The molecule has 5 nitrogen and oxygen atoms in total. The van der Waals surface area contributed by atoms with Crippen LogP contribution in [0.3, 0.4) is 0 Å². The molecule has 0 aromatic carbocycles. The van der Waals surface area contributed by atoms with Crippen molar-refractivity contribution >= 4 is 11.0 Å². The molecule has 0 amide bonds. The second-order valence-corrected chi connectivity index (χ2v) is 4.73. The molecule has 0 bridgehead atoms. The SMILES string of the molecule is Cc1nn(C)c2nc(OCCCN(C)C)ccc12. The highest BCUT2D eigenvalue weighted by Gasteiger charge is 2.07. The van der Waals surface area contributed by atoms with E-state index < -0.39 is 0 Å². The molecule has 2 aromatic rings. The molecule has 0 aliphatic heterocycles. The number of hydrogen-bond acceptors (Lipinski definition) is 4. The lowest BCUT2D eigenvalue weighted by Crippen LogP contribution is -2.15. The zero-order chi connectivity index (χ0) is 13.1. The van der Waals surface area contributed by atoms with Gasteiger partial charge in [0.2, 0.25) is 5.88 Å². The van der Waals surface area contributed by atoms with Crippen molar-refractivity contribution in [3.63, 3.8) is 0 Å². The van der Waals surface area contributed by atoms with Crippen molar-refractivity contribution in [1.29, 1.82) is 0 Å². The summed E-state index contributed by atoms with van der Waals surface area (Å²) in [6, 6.07) is 3.93. The maximum atomic E-state index is 5.65. The third-order valence-corrected chi connectivity index (χ3v) is 2.85. The van der Waals surface area contributed by atoms with E-state index in [9.17, 15) is 0 Å². The van der Waals surface area contributed by atoms with Gasteiger partial charge in [-0.25, -0.2) is 0 Å². The number of rotatable bonds is 5. The van der Waals surface area contributed by atoms with Gasteiger partial charge in [-0.2, -0.15) is 10.1 Å². The lowest BCUT2D eigenvalue weighted by molar-refractivity contribution is 0.274. The summed E-state index contributed by atoms with van der Waals surface area (Å²) in [6.45, 7) is 3.70. The van der Waals surface area contributed by atoms with Gasteiger partial charge in [0.25, 0.3) is 0 Å². The number of hydrogen-bond donors (Lipinski definition) is 0. The van der Waals surface area contributed by atoms with E-state index in [1.807, 2.05) is 26.1 Å². The Kier molecular flexibility index (Phi) is 3.81. The Morgan fingerprint density at radius 1 is 1.33 bits per heavy atom. The molecule has 0 saturated heterocycles.